The summed E-state index contributed by atoms with van der Waals surface area (Å²) in [5.74, 6) is 1.01. The third-order valence-corrected chi connectivity index (χ3v) is 3.40. The van der Waals surface area contributed by atoms with E-state index in [1.807, 2.05) is 6.07 Å². The lowest BCUT2D eigenvalue weighted by Gasteiger charge is -2.07. The zero-order chi connectivity index (χ0) is 14.0. The highest BCUT2D eigenvalue weighted by Gasteiger charge is 1.98. The van der Waals surface area contributed by atoms with E-state index in [0.29, 0.717) is 0 Å². The lowest BCUT2D eigenvalue weighted by Crippen LogP contribution is -1.96. The second kappa shape index (κ2) is 8.42. The molecule has 106 valence electrons. The van der Waals surface area contributed by atoms with E-state index in [4.69, 9.17) is 4.74 Å². The molecule has 0 spiro atoms. The molecule has 0 atom stereocenters. The van der Waals surface area contributed by atoms with Gasteiger partial charge in [0.25, 0.3) is 0 Å². The summed E-state index contributed by atoms with van der Waals surface area (Å²) in [6.07, 6.45) is 5.83. The van der Waals surface area contributed by atoms with Crippen LogP contribution in [0.2, 0.25) is 0 Å². The number of hydrogen-bond acceptors (Lipinski definition) is 1. The molecule has 20 heavy (non-hydrogen) atoms. The Balaban J connectivity index is 1.73. The highest BCUT2D eigenvalue weighted by atomic mass is 16.5. The molecular formula is C19H24O. The average Bonchev–Trinajstić information content (AvgIpc) is 2.51. The first-order valence-electron chi connectivity index (χ1n) is 7.64. The minimum atomic E-state index is 0.803. The minimum Gasteiger partial charge on any atom is -0.494 e. The lowest BCUT2D eigenvalue weighted by molar-refractivity contribution is 0.317. The van der Waals surface area contributed by atoms with Gasteiger partial charge < -0.3 is 4.74 Å². The molecule has 0 aliphatic rings. The number of unbranched alkanes of at least 4 members (excludes halogenated alkanes) is 1. The molecule has 0 saturated heterocycles. The van der Waals surface area contributed by atoms with Crippen LogP contribution >= 0.6 is 0 Å². The van der Waals surface area contributed by atoms with Crippen LogP contribution in [0.15, 0.2) is 54.6 Å². The van der Waals surface area contributed by atoms with Crippen LogP contribution in [0.5, 0.6) is 5.75 Å². The Labute approximate surface area is 122 Å². The largest absolute Gasteiger partial charge is 0.494 e. The third-order valence-electron chi connectivity index (χ3n) is 3.40. The fourth-order valence-electron chi connectivity index (χ4n) is 2.31. The molecular weight excluding hydrogens is 244 g/mol. The van der Waals surface area contributed by atoms with Crippen molar-refractivity contribution in [3.63, 3.8) is 0 Å². The number of rotatable bonds is 8. The lowest BCUT2D eigenvalue weighted by atomic mass is 10.0. The molecule has 0 aromatic heterocycles. The molecule has 0 N–H and O–H groups in total. The molecule has 2 rings (SSSR count). The molecule has 1 nitrogen and oxygen atoms in total. The predicted molar refractivity (Wildman–Crippen MR) is 85.3 cm³/mol. The van der Waals surface area contributed by atoms with Gasteiger partial charge in [-0.25, -0.2) is 0 Å². The van der Waals surface area contributed by atoms with E-state index in [-0.39, 0.29) is 0 Å². The van der Waals surface area contributed by atoms with Crippen LogP contribution in [0.3, 0.4) is 0 Å². The topological polar surface area (TPSA) is 9.23 Å². The van der Waals surface area contributed by atoms with Gasteiger partial charge in [0.1, 0.15) is 5.75 Å². The second-order valence-corrected chi connectivity index (χ2v) is 5.19. The Morgan fingerprint density at radius 2 is 1.50 bits per heavy atom. The zero-order valence-corrected chi connectivity index (χ0v) is 12.3. The standard InChI is InChI=1S/C19H24O/c1-2-15-20-19-14-8-13-18(16-19)12-7-6-11-17-9-4-3-5-10-17/h3-5,8-10,13-14,16H,2,6-7,11-12,15H2,1H3. The van der Waals surface area contributed by atoms with Gasteiger partial charge in [-0.1, -0.05) is 49.4 Å². The summed E-state index contributed by atoms with van der Waals surface area (Å²) in [5.41, 5.74) is 2.82. The fraction of sp³-hybridized carbons (Fsp3) is 0.368. The number of benzene rings is 2. The van der Waals surface area contributed by atoms with Gasteiger partial charge in [0.15, 0.2) is 0 Å². The molecule has 2 aromatic carbocycles. The molecule has 0 aliphatic carbocycles. The maximum atomic E-state index is 5.67. The molecule has 1 heteroatoms. The van der Waals surface area contributed by atoms with Gasteiger partial charge in [0, 0.05) is 0 Å². The smallest absolute Gasteiger partial charge is 0.119 e. The van der Waals surface area contributed by atoms with Gasteiger partial charge in [-0.05, 0) is 55.4 Å². The van der Waals surface area contributed by atoms with E-state index in [1.165, 1.54) is 30.4 Å². The molecule has 0 bridgehead atoms. The highest BCUT2D eigenvalue weighted by molar-refractivity contribution is 5.28. The van der Waals surface area contributed by atoms with Crippen molar-refractivity contribution in [1.82, 2.24) is 0 Å². The molecule has 0 fully saturated rings. The van der Waals surface area contributed by atoms with E-state index < -0.39 is 0 Å². The van der Waals surface area contributed by atoms with Crippen molar-refractivity contribution in [3.8, 4) is 5.75 Å². The van der Waals surface area contributed by atoms with E-state index in [1.54, 1.807) is 0 Å². The summed E-state index contributed by atoms with van der Waals surface area (Å²) < 4.78 is 5.67. The molecule has 0 aliphatic heterocycles. The number of ether oxygens (including phenoxy) is 1. The summed E-state index contributed by atoms with van der Waals surface area (Å²) >= 11 is 0. The van der Waals surface area contributed by atoms with Gasteiger partial charge in [0.05, 0.1) is 6.61 Å². The summed E-state index contributed by atoms with van der Waals surface area (Å²) in [6, 6.07) is 19.2. The Morgan fingerprint density at radius 1 is 0.800 bits per heavy atom. The average molecular weight is 268 g/mol. The van der Waals surface area contributed by atoms with E-state index in [9.17, 15) is 0 Å². The molecule has 0 amide bonds. The second-order valence-electron chi connectivity index (χ2n) is 5.19. The van der Waals surface area contributed by atoms with Crippen molar-refractivity contribution in [1.29, 1.82) is 0 Å². The summed E-state index contributed by atoms with van der Waals surface area (Å²) in [7, 11) is 0. The molecule has 0 saturated carbocycles. The summed E-state index contributed by atoms with van der Waals surface area (Å²) in [5, 5.41) is 0. The van der Waals surface area contributed by atoms with Crippen LogP contribution in [0.4, 0.5) is 0 Å². The minimum absolute atomic E-state index is 0.803. The molecule has 0 radical (unpaired) electrons. The van der Waals surface area contributed by atoms with Crippen molar-refractivity contribution < 1.29 is 4.74 Å². The van der Waals surface area contributed by atoms with Crippen molar-refractivity contribution in [3.05, 3.63) is 65.7 Å². The monoisotopic (exact) mass is 268 g/mol. The number of aryl methyl sites for hydroxylation is 2. The first-order valence-corrected chi connectivity index (χ1v) is 7.64. The maximum absolute atomic E-state index is 5.67. The van der Waals surface area contributed by atoms with Crippen molar-refractivity contribution >= 4 is 0 Å². The molecule has 2 aromatic rings. The van der Waals surface area contributed by atoms with Gasteiger partial charge in [-0.2, -0.15) is 0 Å². The van der Waals surface area contributed by atoms with E-state index in [0.717, 1.165) is 25.2 Å². The Kier molecular flexibility index (Phi) is 6.16. The van der Waals surface area contributed by atoms with Crippen LogP contribution in [-0.2, 0) is 12.8 Å². The Hall–Kier alpha value is -1.76. The van der Waals surface area contributed by atoms with Gasteiger partial charge in [-0.3, -0.25) is 0 Å². The molecule has 0 unspecified atom stereocenters. The van der Waals surface area contributed by atoms with Crippen LogP contribution < -0.4 is 4.74 Å². The first-order chi connectivity index (χ1) is 9.88. The Bertz CT molecular complexity index is 490. The maximum Gasteiger partial charge on any atom is 0.119 e. The van der Waals surface area contributed by atoms with Crippen LogP contribution in [0.1, 0.15) is 37.3 Å². The van der Waals surface area contributed by atoms with Crippen molar-refractivity contribution in [2.45, 2.75) is 39.0 Å². The molecule has 0 heterocycles. The fourth-order valence-corrected chi connectivity index (χ4v) is 2.31. The Morgan fingerprint density at radius 3 is 2.25 bits per heavy atom. The van der Waals surface area contributed by atoms with Gasteiger partial charge in [-0.15, -0.1) is 0 Å². The number of hydrogen-bond donors (Lipinski definition) is 0. The quantitative estimate of drug-likeness (QED) is 0.609. The summed E-state index contributed by atoms with van der Waals surface area (Å²) in [4.78, 5) is 0. The van der Waals surface area contributed by atoms with Crippen molar-refractivity contribution in [2.24, 2.45) is 0 Å². The predicted octanol–water partition coefficient (Wildman–Crippen LogP) is 5.04. The van der Waals surface area contributed by atoms with Crippen LogP contribution in [0, 0.1) is 0 Å². The van der Waals surface area contributed by atoms with E-state index in [2.05, 4.69) is 55.5 Å². The SMILES string of the molecule is CCCOc1cccc(CCCCc2ccccc2)c1. The summed E-state index contributed by atoms with van der Waals surface area (Å²) in [6.45, 7) is 2.94. The first kappa shape index (κ1) is 14.6. The van der Waals surface area contributed by atoms with Crippen molar-refractivity contribution in [2.75, 3.05) is 6.61 Å². The van der Waals surface area contributed by atoms with Gasteiger partial charge in [0.2, 0.25) is 0 Å². The zero-order valence-electron chi connectivity index (χ0n) is 12.3. The third kappa shape index (κ3) is 5.08. The highest BCUT2D eigenvalue weighted by Crippen LogP contribution is 2.16. The van der Waals surface area contributed by atoms with Gasteiger partial charge >= 0.3 is 0 Å². The van der Waals surface area contributed by atoms with Crippen LogP contribution in [-0.4, -0.2) is 6.61 Å². The van der Waals surface area contributed by atoms with Crippen LogP contribution in [0.25, 0.3) is 0 Å². The van der Waals surface area contributed by atoms with E-state index >= 15 is 0 Å². The normalized spacial score (nSPS) is 10.4.